The fourth-order valence-corrected chi connectivity index (χ4v) is 1.56. The molecule has 0 bridgehead atoms. The van der Waals surface area contributed by atoms with Crippen LogP contribution in [0.4, 0.5) is 8.78 Å². The van der Waals surface area contributed by atoms with E-state index < -0.39 is 12.1 Å². The van der Waals surface area contributed by atoms with Crippen LogP contribution in [-0.2, 0) is 6.42 Å². The van der Waals surface area contributed by atoms with Gasteiger partial charge in [-0.25, -0.2) is 13.8 Å². The van der Waals surface area contributed by atoms with Crippen molar-refractivity contribution in [3.63, 3.8) is 0 Å². The van der Waals surface area contributed by atoms with E-state index in [2.05, 4.69) is 20.9 Å². The summed E-state index contributed by atoms with van der Waals surface area (Å²) in [7, 11) is 1.33. The molecule has 80 valence electrons. The predicted octanol–water partition coefficient (Wildman–Crippen LogP) is 2.86. The molecule has 0 radical (unpaired) electrons. The van der Waals surface area contributed by atoms with Crippen LogP contribution in [-0.4, -0.2) is 12.1 Å². The number of hydrogen-bond acceptors (Lipinski definition) is 3. The van der Waals surface area contributed by atoms with Crippen LogP contribution in [0.25, 0.3) is 0 Å². The molecule has 15 heavy (non-hydrogen) atoms. The van der Waals surface area contributed by atoms with Gasteiger partial charge in [0.25, 0.3) is 6.43 Å². The Morgan fingerprint density at radius 2 is 2.33 bits per heavy atom. The van der Waals surface area contributed by atoms with Crippen molar-refractivity contribution in [2.24, 2.45) is 0 Å². The molecule has 0 saturated carbocycles. The van der Waals surface area contributed by atoms with Crippen LogP contribution < -0.4 is 4.74 Å². The van der Waals surface area contributed by atoms with Crippen molar-refractivity contribution < 1.29 is 13.5 Å². The van der Waals surface area contributed by atoms with E-state index in [0.29, 0.717) is 5.56 Å². The summed E-state index contributed by atoms with van der Waals surface area (Å²) in [4.78, 5) is 3.60. The predicted molar refractivity (Wildman–Crippen MR) is 52.8 cm³/mol. The second-order valence-corrected chi connectivity index (χ2v) is 3.45. The average molecular weight is 277 g/mol. The number of nitriles is 1. The Morgan fingerprint density at radius 3 is 2.80 bits per heavy atom. The molecule has 1 aromatic rings. The second kappa shape index (κ2) is 5.03. The first-order chi connectivity index (χ1) is 7.10. The first-order valence-corrected chi connectivity index (χ1v) is 4.77. The molecule has 0 fully saturated rings. The molecule has 0 aliphatic heterocycles. The number of rotatable bonds is 3. The number of nitrogens with zero attached hydrogens (tertiary/aromatic N) is 2. The third-order valence-electron chi connectivity index (χ3n) is 1.72. The van der Waals surface area contributed by atoms with Gasteiger partial charge in [-0.2, -0.15) is 5.26 Å². The van der Waals surface area contributed by atoms with Gasteiger partial charge in [0.2, 0.25) is 5.88 Å². The molecule has 0 aliphatic rings. The van der Waals surface area contributed by atoms with E-state index >= 15 is 0 Å². The van der Waals surface area contributed by atoms with Gasteiger partial charge in [-0.05, 0) is 21.5 Å². The van der Waals surface area contributed by atoms with Crippen molar-refractivity contribution in [3.8, 4) is 11.9 Å². The maximum Gasteiger partial charge on any atom is 0.281 e. The van der Waals surface area contributed by atoms with Gasteiger partial charge in [-0.3, -0.25) is 0 Å². The number of pyridine rings is 1. The maximum absolute atomic E-state index is 12.5. The Morgan fingerprint density at radius 1 is 1.67 bits per heavy atom. The van der Waals surface area contributed by atoms with Crippen molar-refractivity contribution in [3.05, 3.63) is 21.8 Å². The standard InChI is InChI=1S/C9H7BrF2N2O/c1-15-6-4-5(2-3-13)7(10)8(14-6)9(11)12/h4,9H,2H2,1H3. The molecule has 1 aromatic heterocycles. The Kier molecular flexibility index (Phi) is 3.97. The zero-order valence-electron chi connectivity index (χ0n) is 7.80. The van der Waals surface area contributed by atoms with E-state index in [9.17, 15) is 8.78 Å². The molecular weight excluding hydrogens is 270 g/mol. The van der Waals surface area contributed by atoms with Crippen LogP contribution in [0.15, 0.2) is 10.5 Å². The fourth-order valence-electron chi connectivity index (χ4n) is 1.04. The summed E-state index contributed by atoms with van der Waals surface area (Å²) < 4.78 is 30.0. The molecule has 1 heterocycles. The second-order valence-electron chi connectivity index (χ2n) is 2.66. The van der Waals surface area contributed by atoms with Crippen LogP contribution in [0.1, 0.15) is 17.7 Å². The third-order valence-corrected chi connectivity index (χ3v) is 2.64. The summed E-state index contributed by atoms with van der Waals surface area (Å²) in [5, 5.41) is 8.52. The Hall–Kier alpha value is -1.22. The van der Waals surface area contributed by atoms with Crippen molar-refractivity contribution in [1.82, 2.24) is 4.98 Å². The minimum atomic E-state index is -2.70. The number of ether oxygens (including phenoxy) is 1. The van der Waals surface area contributed by atoms with Crippen LogP contribution in [0.2, 0.25) is 0 Å². The van der Waals surface area contributed by atoms with Crippen molar-refractivity contribution in [1.29, 1.82) is 5.26 Å². The van der Waals surface area contributed by atoms with Gasteiger partial charge in [0.1, 0.15) is 5.69 Å². The fraction of sp³-hybridized carbons (Fsp3) is 0.333. The van der Waals surface area contributed by atoms with E-state index in [1.807, 2.05) is 6.07 Å². The lowest BCUT2D eigenvalue weighted by Gasteiger charge is -2.08. The Balaban J connectivity index is 3.28. The Labute approximate surface area is 93.8 Å². The van der Waals surface area contributed by atoms with Gasteiger partial charge in [0.05, 0.1) is 19.6 Å². The topological polar surface area (TPSA) is 45.9 Å². The summed E-state index contributed by atoms with van der Waals surface area (Å²) in [6.45, 7) is 0. The highest BCUT2D eigenvalue weighted by Crippen LogP contribution is 2.31. The molecule has 0 aromatic carbocycles. The highest BCUT2D eigenvalue weighted by atomic mass is 79.9. The maximum atomic E-state index is 12.5. The molecule has 1 rings (SSSR count). The number of methoxy groups -OCH3 is 1. The number of aromatic nitrogens is 1. The van der Waals surface area contributed by atoms with Crippen LogP contribution >= 0.6 is 15.9 Å². The smallest absolute Gasteiger partial charge is 0.281 e. The molecule has 3 nitrogen and oxygen atoms in total. The van der Waals surface area contributed by atoms with Crippen LogP contribution in [0.5, 0.6) is 5.88 Å². The van der Waals surface area contributed by atoms with E-state index in [0.717, 1.165) is 0 Å². The molecule has 0 amide bonds. The van der Waals surface area contributed by atoms with Gasteiger partial charge < -0.3 is 4.74 Å². The lowest BCUT2D eigenvalue weighted by molar-refractivity contribution is 0.144. The summed E-state index contributed by atoms with van der Waals surface area (Å²) >= 11 is 3.00. The lowest BCUT2D eigenvalue weighted by Crippen LogP contribution is -1.99. The molecule has 0 atom stereocenters. The average Bonchev–Trinajstić information content (AvgIpc) is 2.21. The minimum Gasteiger partial charge on any atom is -0.481 e. The van der Waals surface area contributed by atoms with E-state index in [1.165, 1.54) is 13.2 Å². The first-order valence-electron chi connectivity index (χ1n) is 3.98. The summed E-state index contributed by atoms with van der Waals surface area (Å²) in [5.74, 6) is 0.0822. The minimum absolute atomic E-state index is 0.0270. The van der Waals surface area contributed by atoms with E-state index in [4.69, 9.17) is 10.00 Å². The number of halogens is 3. The number of hydrogen-bond donors (Lipinski definition) is 0. The first kappa shape index (κ1) is 11.9. The molecular formula is C9H7BrF2N2O. The monoisotopic (exact) mass is 276 g/mol. The van der Waals surface area contributed by atoms with Crippen molar-refractivity contribution in [2.75, 3.05) is 7.11 Å². The van der Waals surface area contributed by atoms with Crippen molar-refractivity contribution >= 4 is 15.9 Å². The molecule has 6 heteroatoms. The zero-order chi connectivity index (χ0) is 11.4. The van der Waals surface area contributed by atoms with Gasteiger partial charge in [-0.1, -0.05) is 0 Å². The van der Waals surface area contributed by atoms with E-state index in [-0.39, 0.29) is 16.8 Å². The summed E-state index contributed by atoms with van der Waals surface area (Å²) in [5.41, 5.74) is 0.0410. The van der Waals surface area contributed by atoms with Gasteiger partial charge >= 0.3 is 0 Å². The molecule has 0 aliphatic carbocycles. The van der Waals surface area contributed by atoms with E-state index in [1.54, 1.807) is 0 Å². The van der Waals surface area contributed by atoms with Crippen LogP contribution in [0, 0.1) is 11.3 Å². The SMILES string of the molecule is COc1cc(CC#N)c(Br)c(C(F)F)n1. The summed E-state index contributed by atoms with van der Waals surface area (Å²) in [6.07, 6.45) is -2.67. The summed E-state index contributed by atoms with van der Waals surface area (Å²) in [6, 6.07) is 3.34. The normalized spacial score (nSPS) is 10.1. The highest BCUT2D eigenvalue weighted by molar-refractivity contribution is 9.10. The quantitative estimate of drug-likeness (QED) is 0.853. The molecule has 0 saturated heterocycles. The largest absolute Gasteiger partial charge is 0.481 e. The molecule has 0 N–H and O–H groups in total. The number of alkyl halides is 2. The van der Waals surface area contributed by atoms with Gasteiger partial charge in [0.15, 0.2) is 0 Å². The van der Waals surface area contributed by atoms with Crippen LogP contribution in [0.3, 0.4) is 0 Å². The third kappa shape index (κ3) is 2.63. The highest BCUT2D eigenvalue weighted by Gasteiger charge is 2.18. The van der Waals surface area contributed by atoms with Crippen molar-refractivity contribution in [2.45, 2.75) is 12.8 Å². The zero-order valence-corrected chi connectivity index (χ0v) is 9.38. The molecule has 0 spiro atoms. The molecule has 0 unspecified atom stereocenters. The lowest BCUT2D eigenvalue weighted by atomic mass is 10.2. The Bertz CT molecular complexity index is 404. The van der Waals surface area contributed by atoms with Gasteiger partial charge in [0, 0.05) is 10.5 Å². The van der Waals surface area contributed by atoms with Gasteiger partial charge in [-0.15, -0.1) is 0 Å².